The summed E-state index contributed by atoms with van der Waals surface area (Å²) in [5.74, 6) is -0.349. The molecule has 0 aromatic heterocycles. The van der Waals surface area contributed by atoms with Gasteiger partial charge in [0.25, 0.3) is 0 Å². The lowest BCUT2D eigenvalue weighted by molar-refractivity contribution is -0.115. The number of aliphatic imine (C=N–C) groups is 1. The number of rotatable bonds is 0. The van der Waals surface area contributed by atoms with Gasteiger partial charge in [0.2, 0.25) is 5.91 Å². The van der Waals surface area contributed by atoms with Crippen LogP contribution in [-0.4, -0.2) is 17.3 Å². The standard InChI is InChI=1S/C14H16FNO/c1-9-5-4-6-12-11(9)7-8-14(3,15)13(12)16-10(2)17/h4-6H,7-8H2,1-3H3/t14-/m1/s1. The lowest BCUT2D eigenvalue weighted by atomic mass is 9.79. The number of hydrogen-bond donors (Lipinski definition) is 0. The minimum atomic E-state index is -1.51. The third kappa shape index (κ3) is 2.14. The second-order valence-corrected chi connectivity index (χ2v) is 4.78. The van der Waals surface area contributed by atoms with Gasteiger partial charge in [-0.05, 0) is 37.8 Å². The van der Waals surface area contributed by atoms with Crippen molar-refractivity contribution in [3.63, 3.8) is 0 Å². The predicted molar refractivity (Wildman–Crippen MR) is 66.2 cm³/mol. The van der Waals surface area contributed by atoms with Crippen LogP contribution in [0.2, 0.25) is 0 Å². The molecule has 17 heavy (non-hydrogen) atoms. The number of carbonyl (C=O) groups excluding carboxylic acids is 1. The summed E-state index contributed by atoms with van der Waals surface area (Å²) >= 11 is 0. The van der Waals surface area contributed by atoms with Gasteiger partial charge in [-0.25, -0.2) is 9.38 Å². The highest BCUT2D eigenvalue weighted by atomic mass is 19.1. The zero-order valence-electron chi connectivity index (χ0n) is 10.4. The third-order valence-corrected chi connectivity index (χ3v) is 3.27. The number of amides is 1. The molecule has 1 aliphatic rings. The van der Waals surface area contributed by atoms with Crippen LogP contribution in [0, 0.1) is 6.92 Å². The van der Waals surface area contributed by atoms with Crippen LogP contribution in [0.25, 0.3) is 0 Å². The molecule has 0 fully saturated rings. The van der Waals surface area contributed by atoms with Gasteiger partial charge in [0.15, 0.2) is 5.67 Å². The number of carbonyl (C=O) groups is 1. The highest BCUT2D eigenvalue weighted by molar-refractivity contribution is 6.12. The van der Waals surface area contributed by atoms with Crippen LogP contribution in [0.3, 0.4) is 0 Å². The van der Waals surface area contributed by atoms with E-state index in [1.54, 1.807) is 0 Å². The molecule has 2 nitrogen and oxygen atoms in total. The second kappa shape index (κ2) is 4.06. The summed E-state index contributed by atoms with van der Waals surface area (Å²) in [5, 5.41) is 0. The fourth-order valence-electron chi connectivity index (χ4n) is 2.35. The van der Waals surface area contributed by atoms with E-state index in [1.165, 1.54) is 13.8 Å². The Morgan fingerprint density at radius 3 is 2.82 bits per heavy atom. The van der Waals surface area contributed by atoms with Crippen molar-refractivity contribution in [2.45, 2.75) is 39.3 Å². The quantitative estimate of drug-likeness (QED) is 0.677. The maximum atomic E-state index is 14.4. The first-order valence-corrected chi connectivity index (χ1v) is 5.79. The van der Waals surface area contributed by atoms with Crippen molar-refractivity contribution in [2.24, 2.45) is 4.99 Å². The van der Waals surface area contributed by atoms with E-state index in [0.717, 1.165) is 16.7 Å². The largest absolute Gasteiger partial charge is 0.273 e. The molecule has 2 rings (SSSR count). The molecule has 1 atom stereocenters. The van der Waals surface area contributed by atoms with E-state index >= 15 is 0 Å². The number of aryl methyl sites for hydroxylation is 1. The highest BCUT2D eigenvalue weighted by Gasteiger charge is 2.37. The summed E-state index contributed by atoms with van der Waals surface area (Å²) in [6, 6.07) is 5.73. The van der Waals surface area contributed by atoms with Gasteiger partial charge < -0.3 is 0 Å². The van der Waals surface area contributed by atoms with Crippen LogP contribution in [-0.2, 0) is 11.2 Å². The molecule has 1 aliphatic carbocycles. The number of benzene rings is 1. The maximum absolute atomic E-state index is 14.4. The lowest BCUT2D eigenvalue weighted by Gasteiger charge is -2.30. The number of alkyl halides is 1. The van der Waals surface area contributed by atoms with Crippen molar-refractivity contribution in [3.05, 3.63) is 34.9 Å². The van der Waals surface area contributed by atoms with Crippen molar-refractivity contribution >= 4 is 11.6 Å². The molecule has 0 bridgehead atoms. The molecule has 3 heteroatoms. The van der Waals surface area contributed by atoms with Gasteiger partial charge in [0.1, 0.15) is 0 Å². The van der Waals surface area contributed by atoms with Crippen molar-refractivity contribution in [1.29, 1.82) is 0 Å². The molecule has 0 saturated carbocycles. The third-order valence-electron chi connectivity index (χ3n) is 3.27. The minimum Gasteiger partial charge on any atom is -0.273 e. The molecule has 0 saturated heterocycles. The highest BCUT2D eigenvalue weighted by Crippen LogP contribution is 2.33. The molecule has 0 unspecified atom stereocenters. The molecule has 1 aromatic carbocycles. The summed E-state index contributed by atoms with van der Waals surface area (Å²) in [4.78, 5) is 15.0. The second-order valence-electron chi connectivity index (χ2n) is 4.78. The first-order valence-electron chi connectivity index (χ1n) is 5.79. The molecule has 0 N–H and O–H groups in total. The minimum absolute atomic E-state index is 0.287. The maximum Gasteiger partial charge on any atom is 0.242 e. The summed E-state index contributed by atoms with van der Waals surface area (Å²) < 4.78 is 14.4. The van der Waals surface area contributed by atoms with E-state index in [4.69, 9.17) is 0 Å². The Balaban J connectivity index is 2.64. The molecular formula is C14H16FNO. The smallest absolute Gasteiger partial charge is 0.242 e. The Bertz CT molecular complexity index is 503. The van der Waals surface area contributed by atoms with Crippen LogP contribution in [0.5, 0.6) is 0 Å². The van der Waals surface area contributed by atoms with Gasteiger partial charge in [0, 0.05) is 12.5 Å². The van der Waals surface area contributed by atoms with Gasteiger partial charge in [0.05, 0.1) is 5.71 Å². The molecule has 1 amide bonds. The molecule has 1 aromatic rings. The Kier molecular flexibility index (Phi) is 2.86. The van der Waals surface area contributed by atoms with Gasteiger partial charge in [-0.15, -0.1) is 0 Å². The Hall–Kier alpha value is -1.51. The summed E-state index contributed by atoms with van der Waals surface area (Å²) in [6.07, 6.45) is 1.09. The van der Waals surface area contributed by atoms with Gasteiger partial charge >= 0.3 is 0 Å². The van der Waals surface area contributed by atoms with Crippen LogP contribution < -0.4 is 0 Å². The molecule has 0 radical (unpaired) electrons. The molecule has 0 aliphatic heterocycles. The summed E-state index contributed by atoms with van der Waals surface area (Å²) in [6.45, 7) is 4.86. The van der Waals surface area contributed by atoms with E-state index in [0.29, 0.717) is 12.8 Å². The topological polar surface area (TPSA) is 29.4 Å². The fourth-order valence-corrected chi connectivity index (χ4v) is 2.35. The Morgan fingerprint density at radius 2 is 2.18 bits per heavy atom. The average Bonchev–Trinajstić information content (AvgIpc) is 2.22. The van der Waals surface area contributed by atoms with Crippen LogP contribution in [0.4, 0.5) is 4.39 Å². The van der Waals surface area contributed by atoms with Crippen molar-refractivity contribution in [1.82, 2.24) is 0 Å². The van der Waals surface area contributed by atoms with E-state index < -0.39 is 5.67 Å². The van der Waals surface area contributed by atoms with Crippen LogP contribution >= 0.6 is 0 Å². The predicted octanol–water partition coefficient (Wildman–Crippen LogP) is 3.01. The zero-order valence-corrected chi connectivity index (χ0v) is 10.4. The van der Waals surface area contributed by atoms with Gasteiger partial charge in [-0.2, -0.15) is 0 Å². The number of fused-ring (bicyclic) bond motifs is 1. The Morgan fingerprint density at radius 1 is 1.47 bits per heavy atom. The van der Waals surface area contributed by atoms with E-state index in [2.05, 4.69) is 4.99 Å². The summed E-state index contributed by atoms with van der Waals surface area (Å²) in [5.41, 5.74) is 1.82. The van der Waals surface area contributed by atoms with Crippen LogP contribution in [0.15, 0.2) is 23.2 Å². The summed E-state index contributed by atoms with van der Waals surface area (Å²) in [7, 11) is 0. The lowest BCUT2D eigenvalue weighted by Crippen LogP contribution is -2.37. The van der Waals surface area contributed by atoms with Gasteiger partial charge in [-0.1, -0.05) is 18.2 Å². The van der Waals surface area contributed by atoms with E-state index in [1.807, 2.05) is 25.1 Å². The average molecular weight is 233 g/mol. The van der Waals surface area contributed by atoms with Crippen molar-refractivity contribution in [2.75, 3.05) is 0 Å². The molecule has 0 heterocycles. The monoisotopic (exact) mass is 233 g/mol. The first-order chi connectivity index (χ1) is 7.92. The fraction of sp³-hybridized carbons (Fsp3) is 0.429. The number of nitrogens with zero attached hydrogens (tertiary/aromatic N) is 1. The Labute approximate surface area is 101 Å². The normalized spacial score (nSPS) is 25.8. The molecule has 90 valence electrons. The van der Waals surface area contributed by atoms with Gasteiger partial charge in [-0.3, -0.25) is 4.79 Å². The molecule has 0 spiro atoms. The number of halogens is 1. The number of hydrogen-bond acceptors (Lipinski definition) is 1. The van der Waals surface area contributed by atoms with E-state index in [9.17, 15) is 9.18 Å². The first kappa shape index (κ1) is 12.0. The van der Waals surface area contributed by atoms with Crippen molar-refractivity contribution < 1.29 is 9.18 Å². The zero-order chi connectivity index (χ0) is 12.6. The van der Waals surface area contributed by atoms with E-state index in [-0.39, 0.29) is 11.6 Å². The SMILES string of the molecule is CC(=O)N=C1c2cccc(C)c2CC[C@@]1(C)F. The molecular weight excluding hydrogens is 217 g/mol. The van der Waals surface area contributed by atoms with Crippen LogP contribution in [0.1, 0.15) is 37.0 Å². The van der Waals surface area contributed by atoms with Crippen molar-refractivity contribution in [3.8, 4) is 0 Å².